The van der Waals surface area contributed by atoms with Crippen molar-refractivity contribution in [1.82, 2.24) is 4.90 Å². The minimum Gasteiger partial charge on any atom is -0.326 e. The maximum atomic E-state index is 6.66. The number of nitrogens with two attached hydrogens (primary N) is 1. The van der Waals surface area contributed by atoms with Gasteiger partial charge in [-0.2, -0.15) is 0 Å². The van der Waals surface area contributed by atoms with Gasteiger partial charge in [-0.1, -0.05) is 56.3 Å². The molecule has 2 N–H and O–H groups in total. The van der Waals surface area contributed by atoms with Crippen LogP contribution >= 0.6 is 0 Å². The Kier molecular flexibility index (Phi) is 5.02. The van der Waals surface area contributed by atoms with Gasteiger partial charge in [-0.05, 0) is 49.7 Å². The fraction of sp³-hybridized carbons (Fsp3) is 0.474. The lowest BCUT2D eigenvalue weighted by molar-refractivity contribution is 0.106. The molecule has 0 amide bonds. The van der Waals surface area contributed by atoms with Crippen molar-refractivity contribution in [3.05, 3.63) is 48.0 Å². The van der Waals surface area contributed by atoms with Gasteiger partial charge in [0.2, 0.25) is 0 Å². The highest BCUT2D eigenvalue weighted by atomic mass is 15.2. The van der Waals surface area contributed by atoms with E-state index in [0.717, 1.165) is 19.3 Å². The van der Waals surface area contributed by atoms with Gasteiger partial charge in [-0.3, -0.25) is 0 Å². The van der Waals surface area contributed by atoms with Gasteiger partial charge in [0.1, 0.15) is 0 Å². The second-order valence-corrected chi connectivity index (χ2v) is 6.15. The van der Waals surface area contributed by atoms with Crippen LogP contribution in [0.5, 0.6) is 0 Å². The first-order valence-electron chi connectivity index (χ1n) is 7.94. The third-order valence-electron chi connectivity index (χ3n) is 5.13. The number of rotatable bonds is 6. The van der Waals surface area contributed by atoms with Crippen LogP contribution in [-0.2, 0) is 6.42 Å². The van der Waals surface area contributed by atoms with Crippen molar-refractivity contribution in [3.8, 4) is 0 Å². The van der Waals surface area contributed by atoms with Gasteiger partial charge in [-0.25, -0.2) is 0 Å². The van der Waals surface area contributed by atoms with E-state index in [1.54, 1.807) is 0 Å². The summed E-state index contributed by atoms with van der Waals surface area (Å²) in [6, 6.07) is 15.2. The Balaban J connectivity index is 2.35. The van der Waals surface area contributed by atoms with Crippen molar-refractivity contribution in [2.24, 2.45) is 5.73 Å². The first-order valence-corrected chi connectivity index (χ1v) is 7.94. The van der Waals surface area contributed by atoms with Gasteiger partial charge in [0.15, 0.2) is 0 Å². The maximum absolute atomic E-state index is 6.66. The summed E-state index contributed by atoms with van der Waals surface area (Å²) in [6.07, 6.45) is 3.06. The van der Waals surface area contributed by atoms with Crippen molar-refractivity contribution in [2.75, 3.05) is 14.1 Å². The summed E-state index contributed by atoms with van der Waals surface area (Å²) in [5, 5.41) is 2.63. The van der Waals surface area contributed by atoms with E-state index in [4.69, 9.17) is 5.73 Å². The maximum Gasteiger partial charge on any atom is 0.0352 e. The van der Waals surface area contributed by atoms with Gasteiger partial charge < -0.3 is 10.6 Å². The number of fused-ring (bicyclic) bond motifs is 1. The predicted octanol–water partition coefficient (Wildman–Crippen LogP) is 3.83. The minimum atomic E-state index is 0.0664. The molecule has 2 rings (SSSR count). The number of hydrogen-bond acceptors (Lipinski definition) is 2. The van der Waals surface area contributed by atoms with Crippen LogP contribution in [0.15, 0.2) is 42.5 Å². The largest absolute Gasteiger partial charge is 0.326 e. The number of hydrogen-bond donors (Lipinski definition) is 1. The van der Waals surface area contributed by atoms with Crippen LogP contribution in [0.1, 0.15) is 32.3 Å². The monoisotopic (exact) mass is 284 g/mol. The Hall–Kier alpha value is -1.38. The molecule has 2 aromatic rings. The zero-order chi connectivity index (χ0) is 15.5. The zero-order valence-electron chi connectivity index (χ0n) is 13.8. The molecule has 1 atom stereocenters. The van der Waals surface area contributed by atoms with E-state index in [-0.39, 0.29) is 11.6 Å². The number of likely N-dealkylation sites (N-methyl/N-ethyl adjacent to an activating group) is 1. The van der Waals surface area contributed by atoms with Gasteiger partial charge in [0.25, 0.3) is 0 Å². The molecule has 0 heterocycles. The molecule has 21 heavy (non-hydrogen) atoms. The van der Waals surface area contributed by atoms with Crippen molar-refractivity contribution < 1.29 is 0 Å². The van der Waals surface area contributed by atoms with Crippen molar-refractivity contribution in [3.63, 3.8) is 0 Å². The van der Waals surface area contributed by atoms with Crippen molar-refractivity contribution >= 4 is 10.8 Å². The van der Waals surface area contributed by atoms with Crippen LogP contribution < -0.4 is 5.73 Å². The van der Waals surface area contributed by atoms with E-state index >= 15 is 0 Å². The molecule has 0 fully saturated rings. The topological polar surface area (TPSA) is 29.3 Å². The van der Waals surface area contributed by atoms with Crippen LogP contribution in [0.3, 0.4) is 0 Å². The molecule has 0 aliphatic heterocycles. The number of nitrogens with zero attached hydrogens (tertiary/aromatic N) is 1. The summed E-state index contributed by atoms with van der Waals surface area (Å²) >= 11 is 0. The molecule has 1 unspecified atom stereocenters. The second kappa shape index (κ2) is 6.59. The lowest BCUT2D eigenvalue weighted by Crippen LogP contribution is -2.57. The lowest BCUT2D eigenvalue weighted by atomic mass is 9.80. The summed E-state index contributed by atoms with van der Waals surface area (Å²) < 4.78 is 0. The van der Waals surface area contributed by atoms with E-state index in [2.05, 4.69) is 75.3 Å². The fourth-order valence-electron chi connectivity index (χ4n) is 3.64. The van der Waals surface area contributed by atoms with Crippen LogP contribution in [0.2, 0.25) is 0 Å². The van der Waals surface area contributed by atoms with E-state index < -0.39 is 0 Å². The molecule has 0 saturated carbocycles. The first kappa shape index (κ1) is 16.0. The number of benzene rings is 2. The summed E-state index contributed by atoms with van der Waals surface area (Å²) in [6.45, 7) is 4.49. The minimum absolute atomic E-state index is 0.0664. The quantitative estimate of drug-likeness (QED) is 0.873. The van der Waals surface area contributed by atoms with Gasteiger partial charge >= 0.3 is 0 Å². The molecule has 2 aromatic carbocycles. The SMILES string of the molecule is CCC(CC)(C(N)Cc1cccc2ccccc12)N(C)C. The normalized spacial score (nSPS) is 13.8. The fourth-order valence-corrected chi connectivity index (χ4v) is 3.64. The molecule has 2 nitrogen and oxygen atoms in total. The molecule has 0 radical (unpaired) electrons. The van der Waals surface area contributed by atoms with Crippen molar-refractivity contribution in [2.45, 2.75) is 44.7 Å². The van der Waals surface area contributed by atoms with Gasteiger partial charge in [-0.15, -0.1) is 0 Å². The molecule has 114 valence electrons. The average Bonchev–Trinajstić information content (AvgIpc) is 2.49. The molecular formula is C19H28N2. The molecular weight excluding hydrogens is 256 g/mol. The predicted molar refractivity (Wildman–Crippen MR) is 92.6 cm³/mol. The second-order valence-electron chi connectivity index (χ2n) is 6.15. The Morgan fingerprint density at radius 2 is 1.62 bits per heavy atom. The van der Waals surface area contributed by atoms with Crippen LogP contribution in [0.4, 0.5) is 0 Å². The van der Waals surface area contributed by atoms with Gasteiger partial charge in [0, 0.05) is 11.6 Å². The third kappa shape index (κ3) is 2.97. The lowest BCUT2D eigenvalue weighted by Gasteiger charge is -2.43. The average molecular weight is 284 g/mol. The Labute approximate surface area is 128 Å². The van der Waals surface area contributed by atoms with E-state index in [1.807, 2.05) is 0 Å². The molecule has 2 heteroatoms. The molecule has 0 bridgehead atoms. The summed E-state index contributed by atoms with van der Waals surface area (Å²) in [7, 11) is 4.30. The molecule has 0 aromatic heterocycles. The molecule has 0 aliphatic rings. The summed E-state index contributed by atoms with van der Waals surface area (Å²) in [5.74, 6) is 0. The molecule has 0 spiro atoms. The highest BCUT2D eigenvalue weighted by molar-refractivity contribution is 5.85. The van der Waals surface area contributed by atoms with Crippen LogP contribution in [0, 0.1) is 0 Å². The van der Waals surface area contributed by atoms with E-state index in [9.17, 15) is 0 Å². The highest BCUT2D eigenvalue weighted by Crippen LogP contribution is 2.28. The Bertz CT molecular complexity index is 580. The smallest absolute Gasteiger partial charge is 0.0352 e. The zero-order valence-corrected chi connectivity index (χ0v) is 13.8. The first-order chi connectivity index (χ1) is 10.0. The standard InChI is InChI=1S/C19H28N2/c1-5-19(6-2,21(3)4)18(20)14-16-12-9-11-15-10-7-8-13-17(15)16/h7-13,18H,5-6,14,20H2,1-4H3. The van der Waals surface area contributed by atoms with Crippen LogP contribution in [-0.4, -0.2) is 30.6 Å². The summed E-state index contributed by atoms with van der Waals surface area (Å²) in [5.41, 5.74) is 8.08. The van der Waals surface area contributed by atoms with Crippen LogP contribution in [0.25, 0.3) is 10.8 Å². The highest BCUT2D eigenvalue weighted by Gasteiger charge is 2.35. The Morgan fingerprint density at radius 3 is 2.24 bits per heavy atom. The molecule has 0 saturated heterocycles. The third-order valence-corrected chi connectivity index (χ3v) is 5.13. The Morgan fingerprint density at radius 1 is 1.00 bits per heavy atom. The van der Waals surface area contributed by atoms with Crippen molar-refractivity contribution in [1.29, 1.82) is 0 Å². The summed E-state index contributed by atoms with van der Waals surface area (Å²) in [4.78, 5) is 2.31. The molecule has 0 aliphatic carbocycles. The van der Waals surface area contributed by atoms with Gasteiger partial charge in [0.05, 0.1) is 0 Å². The van der Waals surface area contributed by atoms with E-state index in [1.165, 1.54) is 16.3 Å². The van der Waals surface area contributed by atoms with E-state index in [0.29, 0.717) is 0 Å².